The van der Waals surface area contributed by atoms with Crippen LogP contribution in [0.4, 0.5) is 5.82 Å². The summed E-state index contributed by atoms with van der Waals surface area (Å²) >= 11 is 0. The van der Waals surface area contributed by atoms with E-state index in [1.807, 2.05) is 30.3 Å². The van der Waals surface area contributed by atoms with Crippen LogP contribution < -0.4 is 5.73 Å². The molecule has 0 unspecified atom stereocenters. The highest BCUT2D eigenvalue weighted by molar-refractivity contribution is 6.11. The molecule has 138 valence electrons. The van der Waals surface area contributed by atoms with Crippen LogP contribution in [-0.4, -0.2) is 26.7 Å². The highest BCUT2D eigenvalue weighted by Gasteiger charge is 2.29. The molecule has 2 aromatic carbocycles. The van der Waals surface area contributed by atoms with Crippen molar-refractivity contribution in [3.05, 3.63) is 90.0 Å². The van der Waals surface area contributed by atoms with Crippen LogP contribution in [0.3, 0.4) is 0 Å². The number of carbonyl (C=O) groups is 2. The van der Waals surface area contributed by atoms with Crippen molar-refractivity contribution in [2.75, 3.05) is 5.73 Å². The summed E-state index contributed by atoms with van der Waals surface area (Å²) in [5.74, 6) is -1.22. The Bertz CT molecular complexity index is 1150. The van der Waals surface area contributed by atoms with Crippen molar-refractivity contribution in [2.24, 2.45) is 0 Å². The second kappa shape index (κ2) is 7.32. The van der Waals surface area contributed by atoms with Crippen LogP contribution in [0.5, 0.6) is 0 Å². The van der Waals surface area contributed by atoms with E-state index < -0.39 is 12.1 Å². The molecule has 0 aliphatic carbocycles. The van der Waals surface area contributed by atoms with Gasteiger partial charge in [-0.05, 0) is 6.07 Å². The number of nitrogen functional groups attached to an aromatic ring is 1. The van der Waals surface area contributed by atoms with Crippen LogP contribution in [0.25, 0.3) is 10.9 Å². The van der Waals surface area contributed by atoms with E-state index in [0.29, 0.717) is 11.1 Å². The van der Waals surface area contributed by atoms with E-state index in [0.717, 1.165) is 10.9 Å². The van der Waals surface area contributed by atoms with Gasteiger partial charge in [0.2, 0.25) is 5.78 Å². The maximum Gasteiger partial charge on any atom is 0.361 e. The summed E-state index contributed by atoms with van der Waals surface area (Å²) in [6.45, 7) is 0. The first kappa shape index (κ1) is 17.4. The summed E-state index contributed by atoms with van der Waals surface area (Å²) in [5.41, 5.74) is 7.39. The molecule has 2 aromatic heterocycles. The lowest BCUT2D eigenvalue weighted by Gasteiger charge is -2.17. The number of aromatic amines is 1. The van der Waals surface area contributed by atoms with Crippen LogP contribution >= 0.6 is 0 Å². The van der Waals surface area contributed by atoms with Gasteiger partial charge in [0.1, 0.15) is 0 Å². The number of fused-ring (bicyclic) bond motifs is 1. The fourth-order valence-corrected chi connectivity index (χ4v) is 2.99. The number of H-pyrrole nitrogens is 1. The first-order valence-electron chi connectivity index (χ1n) is 8.58. The first-order valence-corrected chi connectivity index (χ1v) is 8.58. The second-order valence-electron chi connectivity index (χ2n) is 6.10. The van der Waals surface area contributed by atoms with E-state index in [1.54, 1.807) is 30.5 Å². The molecule has 0 saturated carbocycles. The molecule has 4 aromatic rings. The maximum absolute atomic E-state index is 13.3. The Hall–Kier alpha value is -4.00. The summed E-state index contributed by atoms with van der Waals surface area (Å²) in [6, 6.07) is 16.2. The zero-order chi connectivity index (χ0) is 19.5. The van der Waals surface area contributed by atoms with Gasteiger partial charge in [-0.15, -0.1) is 0 Å². The minimum Gasteiger partial charge on any atom is -0.444 e. The smallest absolute Gasteiger partial charge is 0.361 e. The van der Waals surface area contributed by atoms with Crippen molar-refractivity contribution < 1.29 is 14.3 Å². The number of hydrogen-bond acceptors (Lipinski definition) is 6. The predicted octanol–water partition coefficient (Wildman–Crippen LogP) is 3.32. The molecule has 7 heteroatoms. The maximum atomic E-state index is 13.3. The van der Waals surface area contributed by atoms with Crippen molar-refractivity contribution in [1.29, 1.82) is 0 Å². The summed E-state index contributed by atoms with van der Waals surface area (Å²) in [5, 5.41) is 0.753. The second-order valence-corrected chi connectivity index (χ2v) is 6.10. The van der Waals surface area contributed by atoms with Gasteiger partial charge in [-0.25, -0.2) is 14.8 Å². The van der Waals surface area contributed by atoms with Gasteiger partial charge in [-0.3, -0.25) is 4.79 Å². The van der Waals surface area contributed by atoms with Crippen LogP contribution in [0.15, 0.2) is 73.2 Å². The van der Waals surface area contributed by atoms with E-state index in [4.69, 9.17) is 10.5 Å². The van der Waals surface area contributed by atoms with E-state index in [9.17, 15) is 9.59 Å². The minimum absolute atomic E-state index is 0.0566. The standard InChI is InChI=1S/C21H16N4O3/c22-20-17(23-10-11-24-20)21(27)28-19(13-6-2-1-3-7-13)18(26)15-12-25-16-9-5-4-8-14(15)16/h1-12,19,25H,(H2,22,24)/t19-/m0/s1. The van der Waals surface area contributed by atoms with Crippen LogP contribution in [0.1, 0.15) is 32.5 Å². The molecule has 3 N–H and O–H groups in total. The summed E-state index contributed by atoms with van der Waals surface area (Å²) < 4.78 is 5.55. The third-order valence-corrected chi connectivity index (χ3v) is 4.34. The van der Waals surface area contributed by atoms with E-state index in [-0.39, 0.29) is 17.3 Å². The number of anilines is 1. The monoisotopic (exact) mass is 372 g/mol. The van der Waals surface area contributed by atoms with Crippen molar-refractivity contribution in [2.45, 2.75) is 6.10 Å². The van der Waals surface area contributed by atoms with Gasteiger partial charge in [0, 0.05) is 40.6 Å². The van der Waals surface area contributed by atoms with Gasteiger partial charge in [-0.1, -0.05) is 48.5 Å². The molecule has 0 amide bonds. The lowest BCUT2D eigenvalue weighted by molar-refractivity contribution is 0.0275. The molecule has 0 fully saturated rings. The minimum atomic E-state index is -1.14. The summed E-state index contributed by atoms with van der Waals surface area (Å²) in [6.07, 6.45) is 3.19. The Morgan fingerprint density at radius 3 is 2.46 bits per heavy atom. The molecule has 0 aliphatic rings. The molecular weight excluding hydrogens is 356 g/mol. The number of nitrogens with one attached hydrogen (secondary N) is 1. The fourth-order valence-electron chi connectivity index (χ4n) is 2.99. The topological polar surface area (TPSA) is 111 Å². The van der Waals surface area contributed by atoms with Crippen molar-refractivity contribution in [3.63, 3.8) is 0 Å². The van der Waals surface area contributed by atoms with Crippen molar-refractivity contribution >= 4 is 28.5 Å². The number of para-hydroxylation sites is 1. The van der Waals surface area contributed by atoms with Crippen molar-refractivity contribution in [1.82, 2.24) is 15.0 Å². The number of rotatable bonds is 5. The molecule has 2 heterocycles. The highest BCUT2D eigenvalue weighted by Crippen LogP contribution is 2.28. The fraction of sp³-hybridized carbons (Fsp3) is 0.0476. The SMILES string of the molecule is Nc1nccnc1C(=O)O[C@H](C(=O)c1c[nH]c2ccccc12)c1ccccc1. The highest BCUT2D eigenvalue weighted by atomic mass is 16.5. The molecule has 7 nitrogen and oxygen atoms in total. The largest absolute Gasteiger partial charge is 0.444 e. The van der Waals surface area contributed by atoms with Crippen LogP contribution in [-0.2, 0) is 4.74 Å². The van der Waals surface area contributed by atoms with Gasteiger partial charge in [-0.2, -0.15) is 0 Å². The Morgan fingerprint density at radius 1 is 0.964 bits per heavy atom. The Balaban J connectivity index is 1.73. The predicted molar refractivity (Wildman–Crippen MR) is 104 cm³/mol. The van der Waals surface area contributed by atoms with Gasteiger partial charge < -0.3 is 15.5 Å². The lowest BCUT2D eigenvalue weighted by Crippen LogP contribution is -2.21. The van der Waals surface area contributed by atoms with E-state index in [1.165, 1.54) is 12.4 Å². The van der Waals surface area contributed by atoms with E-state index in [2.05, 4.69) is 15.0 Å². The Kier molecular flexibility index (Phi) is 4.55. The van der Waals surface area contributed by atoms with Crippen molar-refractivity contribution in [3.8, 4) is 0 Å². The number of benzene rings is 2. The quantitative estimate of drug-likeness (QED) is 0.411. The number of ketones is 1. The average Bonchev–Trinajstić information content (AvgIpc) is 3.16. The normalized spacial score (nSPS) is 11.9. The molecule has 4 rings (SSSR count). The van der Waals surface area contributed by atoms with Crippen LogP contribution in [0, 0.1) is 0 Å². The Labute approximate surface area is 160 Å². The van der Waals surface area contributed by atoms with Gasteiger partial charge >= 0.3 is 5.97 Å². The number of carbonyl (C=O) groups excluding carboxylic acids is 2. The van der Waals surface area contributed by atoms with Gasteiger partial charge in [0.05, 0.1) is 0 Å². The number of aromatic nitrogens is 3. The number of ether oxygens (including phenoxy) is 1. The third-order valence-electron chi connectivity index (χ3n) is 4.34. The number of esters is 1. The number of nitrogens with zero attached hydrogens (tertiary/aromatic N) is 2. The first-order chi connectivity index (χ1) is 13.6. The zero-order valence-corrected chi connectivity index (χ0v) is 14.7. The molecule has 0 aliphatic heterocycles. The zero-order valence-electron chi connectivity index (χ0n) is 14.7. The molecule has 1 atom stereocenters. The molecule has 0 radical (unpaired) electrons. The molecule has 28 heavy (non-hydrogen) atoms. The molecule has 0 saturated heterocycles. The molecule has 0 bridgehead atoms. The van der Waals surface area contributed by atoms with Gasteiger partial charge in [0.15, 0.2) is 17.6 Å². The average molecular weight is 372 g/mol. The summed E-state index contributed by atoms with van der Waals surface area (Å²) in [4.78, 5) is 36.8. The van der Waals surface area contributed by atoms with E-state index >= 15 is 0 Å². The Morgan fingerprint density at radius 2 is 1.68 bits per heavy atom. The molecule has 0 spiro atoms. The molecular formula is C21H16N4O3. The van der Waals surface area contributed by atoms with Crippen LogP contribution in [0.2, 0.25) is 0 Å². The van der Waals surface area contributed by atoms with Gasteiger partial charge in [0.25, 0.3) is 0 Å². The third kappa shape index (κ3) is 3.21. The number of nitrogens with two attached hydrogens (primary N) is 1. The number of Topliss-reactive ketones (excluding diaryl/α,β-unsaturated/α-hetero) is 1. The number of hydrogen-bond donors (Lipinski definition) is 2. The lowest BCUT2D eigenvalue weighted by atomic mass is 9.99. The summed E-state index contributed by atoms with van der Waals surface area (Å²) in [7, 11) is 0.